The van der Waals surface area contributed by atoms with Crippen LogP contribution in [0.5, 0.6) is 0 Å². The van der Waals surface area contributed by atoms with Crippen LogP contribution in [0.2, 0.25) is 0 Å². The van der Waals surface area contributed by atoms with Gasteiger partial charge in [0.15, 0.2) is 0 Å². The molecular formula is C13H13BrN6O2S. The molecule has 0 unspecified atom stereocenters. The Morgan fingerprint density at radius 1 is 1.22 bits per heavy atom. The molecule has 0 atom stereocenters. The molecule has 2 aromatic heterocycles. The summed E-state index contributed by atoms with van der Waals surface area (Å²) in [7, 11) is -3.73. The average Bonchev–Trinajstić information content (AvgIpc) is 2.95. The smallest absolute Gasteiger partial charge is 0.257 e. The maximum atomic E-state index is 12.4. The Morgan fingerprint density at radius 2 is 2.00 bits per heavy atom. The third-order valence-corrected chi connectivity index (χ3v) is 5.27. The van der Waals surface area contributed by atoms with E-state index in [1.807, 2.05) is 6.92 Å². The summed E-state index contributed by atoms with van der Waals surface area (Å²) >= 11 is 3.35. The summed E-state index contributed by atoms with van der Waals surface area (Å²) < 4.78 is 27.0. The third-order valence-electron chi connectivity index (χ3n) is 3.13. The fraction of sp³-hybridized carbons (Fsp3) is 0.154. The van der Waals surface area contributed by atoms with E-state index in [0.717, 1.165) is 10.0 Å². The van der Waals surface area contributed by atoms with Gasteiger partial charge in [0.1, 0.15) is 12.1 Å². The second-order valence-corrected chi connectivity index (χ2v) is 7.43. The Bertz CT molecular complexity index is 985. The summed E-state index contributed by atoms with van der Waals surface area (Å²) in [5, 5.41) is 4.00. The van der Waals surface area contributed by atoms with Crippen molar-refractivity contribution in [3.8, 4) is 0 Å². The summed E-state index contributed by atoms with van der Waals surface area (Å²) in [6.45, 7) is 3.61. The highest BCUT2D eigenvalue weighted by molar-refractivity contribution is 9.10. The van der Waals surface area contributed by atoms with Gasteiger partial charge in [-0.3, -0.25) is 5.43 Å². The van der Waals surface area contributed by atoms with Gasteiger partial charge in [-0.15, -0.1) is 4.83 Å². The molecule has 120 valence electrons. The highest BCUT2D eigenvalue weighted by Crippen LogP contribution is 2.20. The molecule has 8 nitrogen and oxygen atoms in total. The van der Waals surface area contributed by atoms with E-state index in [1.54, 1.807) is 25.1 Å². The number of hydrazine groups is 1. The summed E-state index contributed by atoms with van der Waals surface area (Å²) in [5.41, 5.74) is 4.17. The van der Waals surface area contributed by atoms with Crippen LogP contribution in [0.15, 0.2) is 40.0 Å². The van der Waals surface area contributed by atoms with Gasteiger partial charge in [-0.1, -0.05) is 15.9 Å². The maximum Gasteiger partial charge on any atom is 0.257 e. The van der Waals surface area contributed by atoms with Crippen LogP contribution in [0.3, 0.4) is 0 Å². The Labute approximate surface area is 141 Å². The largest absolute Gasteiger partial charge is 0.292 e. The van der Waals surface area contributed by atoms with Gasteiger partial charge >= 0.3 is 0 Å². The lowest BCUT2D eigenvalue weighted by atomic mass is 10.2. The van der Waals surface area contributed by atoms with Crippen molar-refractivity contribution in [2.24, 2.45) is 0 Å². The second-order valence-electron chi connectivity index (χ2n) is 4.90. The van der Waals surface area contributed by atoms with Crippen molar-refractivity contribution in [3.05, 3.63) is 46.3 Å². The third kappa shape index (κ3) is 3.19. The lowest BCUT2D eigenvalue weighted by molar-refractivity contribution is 0.587. The molecule has 3 rings (SSSR count). The number of aromatic nitrogens is 4. The highest BCUT2D eigenvalue weighted by Gasteiger charge is 2.15. The van der Waals surface area contributed by atoms with Gasteiger partial charge in [0.2, 0.25) is 0 Å². The Balaban J connectivity index is 1.89. The van der Waals surface area contributed by atoms with Crippen molar-refractivity contribution < 1.29 is 8.42 Å². The van der Waals surface area contributed by atoms with E-state index in [9.17, 15) is 8.42 Å². The van der Waals surface area contributed by atoms with E-state index < -0.39 is 10.0 Å². The van der Waals surface area contributed by atoms with Crippen LogP contribution >= 0.6 is 15.9 Å². The number of aryl methyl sites for hydroxylation is 2. The van der Waals surface area contributed by atoms with Crippen molar-refractivity contribution >= 4 is 37.5 Å². The molecule has 0 fully saturated rings. The number of anilines is 1. The first-order chi connectivity index (χ1) is 10.9. The number of hydrogen-bond donors (Lipinski definition) is 2. The van der Waals surface area contributed by atoms with Crippen molar-refractivity contribution in [2.45, 2.75) is 18.7 Å². The van der Waals surface area contributed by atoms with Crippen LogP contribution in [0.4, 0.5) is 5.82 Å². The molecule has 10 heteroatoms. The summed E-state index contributed by atoms with van der Waals surface area (Å²) in [4.78, 5) is 10.7. The SMILES string of the molecule is Cc1cc(NNS(=O)(=O)c2ccc(Br)c(C)c2)n2ncnc2n1. The van der Waals surface area contributed by atoms with Crippen LogP contribution in [0.25, 0.3) is 5.78 Å². The fourth-order valence-electron chi connectivity index (χ4n) is 1.98. The van der Waals surface area contributed by atoms with Crippen molar-refractivity contribution in [2.75, 3.05) is 5.43 Å². The number of hydrogen-bond acceptors (Lipinski definition) is 6. The molecule has 0 bridgehead atoms. The highest BCUT2D eigenvalue weighted by atomic mass is 79.9. The zero-order valence-corrected chi connectivity index (χ0v) is 14.7. The van der Waals surface area contributed by atoms with E-state index in [-0.39, 0.29) is 4.90 Å². The quantitative estimate of drug-likeness (QED) is 0.652. The van der Waals surface area contributed by atoms with E-state index in [0.29, 0.717) is 17.3 Å². The van der Waals surface area contributed by atoms with Gasteiger partial charge in [0, 0.05) is 16.2 Å². The van der Waals surface area contributed by atoms with Gasteiger partial charge in [0.25, 0.3) is 15.8 Å². The molecule has 0 aliphatic carbocycles. The molecule has 3 aromatic rings. The molecule has 0 aliphatic heterocycles. The molecule has 0 spiro atoms. The molecule has 23 heavy (non-hydrogen) atoms. The van der Waals surface area contributed by atoms with Crippen molar-refractivity contribution in [1.82, 2.24) is 24.4 Å². The predicted molar refractivity (Wildman–Crippen MR) is 88.3 cm³/mol. The maximum absolute atomic E-state index is 12.4. The lowest BCUT2D eigenvalue weighted by Gasteiger charge is -2.11. The molecular weight excluding hydrogens is 384 g/mol. The zero-order chi connectivity index (χ0) is 16.6. The molecule has 2 heterocycles. The first-order valence-corrected chi connectivity index (χ1v) is 8.86. The predicted octanol–water partition coefficient (Wildman–Crippen LogP) is 1.81. The monoisotopic (exact) mass is 396 g/mol. The van der Waals surface area contributed by atoms with Crippen LogP contribution in [-0.4, -0.2) is 28.0 Å². The summed E-state index contributed by atoms with van der Waals surface area (Å²) in [6.07, 6.45) is 1.35. The van der Waals surface area contributed by atoms with Crippen molar-refractivity contribution in [1.29, 1.82) is 0 Å². The number of rotatable bonds is 4. The number of nitrogens with one attached hydrogen (secondary N) is 2. The number of halogens is 1. The first-order valence-electron chi connectivity index (χ1n) is 6.58. The Morgan fingerprint density at radius 3 is 2.74 bits per heavy atom. The molecule has 0 radical (unpaired) electrons. The Hall–Kier alpha value is -2.04. The number of nitrogens with zero attached hydrogens (tertiary/aromatic N) is 4. The van der Waals surface area contributed by atoms with Gasteiger partial charge in [0.05, 0.1) is 4.90 Å². The molecule has 0 amide bonds. The van der Waals surface area contributed by atoms with E-state index in [4.69, 9.17) is 0 Å². The molecule has 1 aromatic carbocycles. The van der Waals surface area contributed by atoms with Crippen LogP contribution in [0.1, 0.15) is 11.3 Å². The van der Waals surface area contributed by atoms with Gasteiger partial charge < -0.3 is 0 Å². The van der Waals surface area contributed by atoms with E-state index >= 15 is 0 Å². The minimum Gasteiger partial charge on any atom is -0.292 e. The average molecular weight is 397 g/mol. The van der Waals surface area contributed by atoms with Gasteiger partial charge in [-0.25, -0.2) is 13.4 Å². The van der Waals surface area contributed by atoms with Gasteiger partial charge in [-0.05, 0) is 37.6 Å². The normalized spacial score (nSPS) is 11.8. The number of sulfonamides is 1. The fourth-order valence-corrected chi connectivity index (χ4v) is 3.16. The summed E-state index contributed by atoms with van der Waals surface area (Å²) in [6, 6.07) is 6.45. The first kappa shape index (κ1) is 15.8. The van der Waals surface area contributed by atoms with Crippen LogP contribution in [-0.2, 0) is 10.0 Å². The van der Waals surface area contributed by atoms with Crippen molar-refractivity contribution in [3.63, 3.8) is 0 Å². The Kier molecular flexibility index (Phi) is 4.04. The minimum absolute atomic E-state index is 0.159. The summed E-state index contributed by atoms with van der Waals surface area (Å²) in [5.74, 6) is 0.800. The molecule has 0 aliphatic rings. The van der Waals surface area contributed by atoms with Crippen LogP contribution in [0, 0.1) is 13.8 Å². The van der Waals surface area contributed by atoms with E-state index in [2.05, 4.69) is 41.3 Å². The standard InChI is InChI=1S/C13H13BrN6O2S/c1-8-5-10(3-4-11(8)14)23(21,22)19-18-12-6-9(2)17-13-15-7-16-20(12)13/h3-7,18-19H,1-2H3. The molecule has 0 saturated heterocycles. The second kappa shape index (κ2) is 5.87. The minimum atomic E-state index is -3.73. The number of fused-ring (bicyclic) bond motifs is 1. The van der Waals surface area contributed by atoms with Gasteiger partial charge in [-0.2, -0.15) is 14.6 Å². The zero-order valence-electron chi connectivity index (χ0n) is 12.3. The lowest BCUT2D eigenvalue weighted by Crippen LogP contribution is -2.30. The topological polar surface area (TPSA) is 101 Å². The van der Waals surface area contributed by atoms with Crippen LogP contribution < -0.4 is 10.3 Å². The molecule has 2 N–H and O–H groups in total. The molecule has 0 saturated carbocycles. The van der Waals surface area contributed by atoms with E-state index in [1.165, 1.54) is 16.9 Å². The number of benzene rings is 1.